The van der Waals surface area contributed by atoms with Crippen LogP contribution in [0.1, 0.15) is 34.7 Å². The largest absolute Gasteiger partial charge is 0.344 e. The lowest BCUT2D eigenvalue weighted by Crippen LogP contribution is -2.34. The molecule has 1 N–H and O–H groups in total. The van der Waals surface area contributed by atoms with Gasteiger partial charge in [0.05, 0.1) is 22.1 Å². The van der Waals surface area contributed by atoms with E-state index in [4.69, 9.17) is 11.6 Å². The number of benzene rings is 1. The molecule has 1 atom stereocenters. The number of hydrogen-bond donors (Lipinski definition) is 1. The van der Waals surface area contributed by atoms with Gasteiger partial charge in [0, 0.05) is 31.2 Å². The molecule has 0 saturated heterocycles. The van der Waals surface area contributed by atoms with Gasteiger partial charge in [0.25, 0.3) is 11.5 Å². The van der Waals surface area contributed by atoms with Crippen molar-refractivity contribution in [2.45, 2.75) is 26.4 Å². The third kappa shape index (κ3) is 3.99. The lowest BCUT2D eigenvalue weighted by molar-refractivity contribution is 0.0939. The highest BCUT2D eigenvalue weighted by Crippen LogP contribution is 2.24. The van der Waals surface area contributed by atoms with Gasteiger partial charge in [0.2, 0.25) is 0 Å². The van der Waals surface area contributed by atoms with Gasteiger partial charge < -0.3 is 14.8 Å². The Morgan fingerprint density at radius 2 is 2.06 bits per heavy atom. The number of fused-ring (bicyclic) bond motifs is 2. The van der Waals surface area contributed by atoms with E-state index < -0.39 is 6.04 Å². The Balaban J connectivity index is 1.76. The molecule has 0 spiro atoms. The number of amides is 1. The van der Waals surface area contributed by atoms with Crippen LogP contribution in [-0.2, 0) is 6.54 Å². The van der Waals surface area contributed by atoms with Crippen molar-refractivity contribution in [1.29, 1.82) is 0 Å². The molecule has 0 aliphatic rings. The Labute approximate surface area is 190 Å². The Hall–Kier alpha value is -3.23. The van der Waals surface area contributed by atoms with E-state index in [2.05, 4.69) is 15.4 Å². The van der Waals surface area contributed by atoms with Crippen LogP contribution in [0.2, 0.25) is 5.02 Å². The minimum absolute atomic E-state index is 0.167. The number of nitrogens with zero attached hydrogens (tertiary/aromatic N) is 5. The van der Waals surface area contributed by atoms with Crippen LogP contribution in [0.5, 0.6) is 0 Å². The van der Waals surface area contributed by atoms with E-state index in [-0.39, 0.29) is 11.5 Å². The Morgan fingerprint density at radius 1 is 1.28 bits per heavy atom. The molecule has 0 saturated carbocycles. The molecule has 0 unspecified atom stereocenters. The van der Waals surface area contributed by atoms with Crippen LogP contribution in [0.25, 0.3) is 16.4 Å². The predicted molar refractivity (Wildman–Crippen MR) is 125 cm³/mol. The van der Waals surface area contributed by atoms with Crippen molar-refractivity contribution in [3.63, 3.8) is 0 Å². The molecule has 4 rings (SSSR count). The summed E-state index contributed by atoms with van der Waals surface area (Å²) in [6.45, 7) is 4.78. The summed E-state index contributed by atoms with van der Waals surface area (Å²) < 4.78 is 3.28. The number of pyridine rings is 1. The van der Waals surface area contributed by atoms with E-state index in [1.165, 1.54) is 0 Å². The van der Waals surface area contributed by atoms with Crippen molar-refractivity contribution in [2.75, 3.05) is 20.6 Å². The summed E-state index contributed by atoms with van der Waals surface area (Å²) in [6, 6.07) is 8.63. The highest BCUT2D eigenvalue weighted by atomic mass is 35.5. The Morgan fingerprint density at radius 3 is 2.81 bits per heavy atom. The van der Waals surface area contributed by atoms with Crippen LogP contribution >= 0.6 is 11.6 Å². The standard InChI is InChI=1S/C23H25ClN6O2/c1-14(26-22(31)19-15(2)27-30-10-6-9-25-21(19)30)18-13-16-7-5-8-17(24)20(16)23(32)29(18)12-11-28(3)4/h5-10,13-14H,11-12H2,1-4H3,(H,26,31)/t14-/m0/s1. The van der Waals surface area contributed by atoms with Crippen molar-refractivity contribution in [3.8, 4) is 0 Å². The zero-order chi connectivity index (χ0) is 23.0. The monoisotopic (exact) mass is 452 g/mol. The SMILES string of the molecule is Cc1nn2cccnc2c1C(=O)N[C@@H](C)c1cc2cccc(Cl)c2c(=O)n1CCN(C)C. The number of aromatic nitrogens is 4. The lowest BCUT2D eigenvalue weighted by Gasteiger charge is -2.22. The van der Waals surface area contributed by atoms with Crippen LogP contribution in [0.3, 0.4) is 0 Å². The second-order valence-electron chi connectivity index (χ2n) is 8.08. The van der Waals surface area contributed by atoms with Crippen LogP contribution in [0.4, 0.5) is 0 Å². The van der Waals surface area contributed by atoms with Crippen molar-refractivity contribution in [2.24, 2.45) is 0 Å². The number of carbonyl (C=O) groups is 1. The zero-order valence-corrected chi connectivity index (χ0v) is 19.2. The molecule has 1 amide bonds. The molecule has 1 aromatic carbocycles. The van der Waals surface area contributed by atoms with Gasteiger partial charge in [0.15, 0.2) is 5.65 Å². The maximum absolute atomic E-state index is 13.4. The average Bonchev–Trinajstić information content (AvgIpc) is 3.08. The summed E-state index contributed by atoms with van der Waals surface area (Å²) in [5.74, 6) is -0.290. The number of carbonyl (C=O) groups excluding carboxylic acids is 1. The van der Waals surface area contributed by atoms with Crippen molar-refractivity contribution in [3.05, 3.63) is 75.1 Å². The summed E-state index contributed by atoms with van der Waals surface area (Å²) in [5.41, 5.74) is 2.04. The number of rotatable bonds is 6. The zero-order valence-electron chi connectivity index (χ0n) is 18.5. The van der Waals surface area contributed by atoms with Crippen LogP contribution in [0.15, 0.2) is 47.5 Å². The molecule has 3 aromatic heterocycles. The van der Waals surface area contributed by atoms with Gasteiger partial charge >= 0.3 is 0 Å². The smallest absolute Gasteiger partial charge is 0.260 e. The van der Waals surface area contributed by atoms with Gasteiger partial charge in [-0.2, -0.15) is 5.10 Å². The molecule has 9 heteroatoms. The van der Waals surface area contributed by atoms with Gasteiger partial charge in [-0.3, -0.25) is 9.59 Å². The normalized spacial score (nSPS) is 12.6. The van der Waals surface area contributed by atoms with Gasteiger partial charge in [-0.25, -0.2) is 9.50 Å². The van der Waals surface area contributed by atoms with Crippen molar-refractivity contribution < 1.29 is 4.79 Å². The van der Waals surface area contributed by atoms with Crippen molar-refractivity contribution >= 4 is 33.9 Å². The third-order valence-corrected chi connectivity index (χ3v) is 5.79. The molecule has 32 heavy (non-hydrogen) atoms. The average molecular weight is 453 g/mol. The predicted octanol–water partition coefficient (Wildman–Crippen LogP) is 3.06. The van der Waals surface area contributed by atoms with Crippen LogP contribution in [-0.4, -0.2) is 50.6 Å². The number of hydrogen-bond acceptors (Lipinski definition) is 5. The minimum Gasteiger partial charge on any atom is -0.344 e. The molecule has 3 heterocycles. The highest BCUT2D eigenvalue weighted by Gasteiger charge is 2.22. The fraction of sp³-hybridized carbons (Fsp3) is 0.304. The molecular formula is C23H25ClN6O2. The number of aryl methyl sites for hydroxylation is 1. The first-order valence-corrected chi connectivity index (χ1v) is 10.7. The maximum atomic E-state index is 13.4. The lowest BCUT2D eigenvalue weighted by atomic mass is 10.1. The highest BCUT2D eigenvalue weighted by molar-refractivity contribution is 6.35. The van der Waals surface area contributed by atoms with E-state index in [0.717, 1.165) is 5.39 Å². The summed E-state index contributed by atoms with van der Waals surface area (Å²) >= 11 is 6.34. The number of nitrogens with one attached hydrogen (secondary N) is 1. The summed E-state index contributed by atoms with van der Waals surface area (Å²) in [5, 5.41) is 9.04. The first kappa shape index (κ1) is 22.0. The summed E-state index contributed by atoms with van der Waals surface area (Å²) in [7, 11) is 3.90. The van der Waals surface area contributed by atoms with Crippen LogP contribution < -0.4 is 10.9 Å². The number of likely N-dealkylation sites (N-methyl/N-ethyl adjacent to an activating group) is 1. The van der Waals surface area contributed by atoms with Gasteiger partial charge in [-0.05, 0) is 51.5 Å². The van der Waals surface area contributed by atoms with E-state index in [1.54, 1.807) is 40.5 Å². The fourth-order valence-corrected chi connectivity index (χ4v) is 4.13. The van der Waals surface area contributed by atoms with Crippen molar-refractivity contribution in [1.82, 2.24) is 29.4 Å². The fourth-order valence-electron chi connectivity index (χ4n) is 3.87. The topological polar surface area (TPSA) is 84.5 Å². The third-order valence-electron chi connectivity index (χ3n) is 5.48. The molecule has 0 radical (unpaired) electrons. The molecule has 0 bridgehead atoms. The quantitative estimate of drug-likeness (QED) is 0.486. The van der Waals surface area contributed by atoms with Gasteiger partial charge in [-0.15, -0.1) is 0 Å². The van der Waals surface area contributed by atoms with Gasteiger partial charge in [-0.1, -0.05) is 23.7 Å². The molecule has 4 aromatic rings. The Kier molecular flexibility index (Phi) is 5.99. The molecule has 0 aliphatic heterocycles. The second kappa shape index (κ2) is 8.72. The molecule has 8 nitrogen and oxygen atoms in total. The summed E-state index contributed by atoms with van der Waals surface area (Å²) in [6.07, 6.45) is 3.38. The molecule has 0 aliphatic carbocycles. The molecule has 0 fully saturated rings. The molecular weight excluding hydrogens is 428 g/mol. The maximum Gasteiger partial charge on any atom is 0.260 e. The Bertz CT molecular complexity index is 1370. The van der Waals surface area contributed by atoms with E-state index in [1.807, 2.05) is 44.1 Å². The van der Waals surface area contributed by atoms with Crippen LogP contribution in [0, 0.1) is 6.92 Å². The van der Waals surface area contributed by atoms with E-state index in [9.17, 15) is 9.59 Å². The number of halogens is 1. The van der Waals surface area contributed by atoms with E-state index >= 15 is 0 Å². The first-order chi connectivity index (χ1) is 15.3. The summed E-state index contributed by atoms with van der Waals surface area (Å²) in [4.78, 5) is 32.8. The minimum atomic E-state index is -0.432. The van der Waals surface area contributed by atoms with E-state index in [0.29, 0.717) is 46.1 Å². The molecule has 166 valence electrons. The second-order valence-corrected chi connectivity index (χ2v) is 8.48. The van der Waals surface area contributed by atoms with Gasteiger partial charge in [0.1, 0.15) is 5.56 Å². The first-order valence-electron chi connectivity index (χ1n) is 10.4.